The van der Waals surface area contributed by atoms with E-state index in [0.29, 0.717) is 0 Å². The van der Waals surface area contributed by atoms with Crippen molar-refractivity contribution in [3.8, 4) is 22.3 Å². The SMILES string of the molecule is c1ccc(-c2ccc(N(c3ccc4c(c3)C3(CCCC3)c3cc(N(c5ccccc5)c5cccc6ccccc56)ccc3-4)c3cccc4ccccc34)cc2)cc1. The molecule has 1 spiro atoms. The first-order valence-electron chi connectivity index (χ1n) is 20.3. The van der Waals surface area contributed by atoms with Gasteiger partial charge in [0.15, 0.2) is 0 Å². The van der Waals surface area contributed by atoms with Gasteiger partial charge in [-0.2, -0.15) is 0 Å². The van der Waals surface area contributed by atoms with Crippen LogP contribution in [0.5, 0.6) is 0 Å². The number of benzene rings is 9. The van der Waals surface area contributed by atoms with Gasteiger partial charge in [0, 0.05) is 38.9 Å². The van der Waals surface area contributed by atoms with Crippen molar-refractivity contribution in [3.63, 3.8) is 0 Å². The van der Waals surface area contributed by atoms with Gasteiger partial charge in [0.1, 0.15) is 0 Å². The molecule has 0 amide bonds. The summed E-state index contributed by atoms with van der Waals surface area (Å²) in [7, 11) is 0. The zero-order chi connectivity index (χ0) is 37.8. The van der Waals surface area contributed by atoms with Crippen molar-refractivity contribution >= 4 is 55.7 Å². The fourth-order valence-corrected chi connectivity index (χ4v) is 9.94. The van der Waals surface area contributed by atoms with E-state index < -0.39 is 0 Å². The van der Waals surface area contributed by atoms with Crippen molar-refractivity contribution in [3.05, 3.63) is 217 Å². The van der Waals surface area contributed by atoms with E-state index in [9.17, 15) is 0 Å². The van der Waals surface area contributed by atoms with E-state index in [4.69, 9.17) is 0 Å². The minimum Gasteiger partial charge on any atom is -0.310 e. The van der Waals surface area contributed by atoms with Crippen molar-refractivity contribution in [2.45, 2.75) is 31.1 Å². The van der Waals surface area contributed by atoms with Crippen LogP contribution in [0.3, 0.4) is 0 Å². The molecule has 2 nitrogen and oxygen atoms in total. The number of hydrogen-bond donors (Lipinski definition) is 0. The van der Waals surface area contributed by atoms with E-state index in [1.54, 1.807) is 0 Å². The lowest BCUT2D eigenvalue weighted by Crippen LogP contribution is -2.22. The molecular weight excluding hydrogens is 689 g/mol. The van der Waals surface area contributed by atoms with Gasteiger partial charge in [-0.1, -0.05) is 158 Å². The van der Waals surface area contributed by atoms with Crippen molar-refractivity contribution in [1.29, 1.82) is 0 Å². The maximum Gasteiger partial charge on any atom is 0.0540 e. The van der Waals surface area contributed by atoms with Crippen LogP contribution >= 0.6 is 0 Å². The second-order valence-electron chi connectivity index (χ2n) is 15.7. The van der Waals surface area contributed by atoms with Crippen LogP contribution in [-0.4, -0.2) is 0 Å². The highest BCUT2D eigenvalue weighted by Crippen LogP contribution is 2.59. The van der Waals surface area contributed by atoms with Gasteiger partial charge in [-0.15, -0.1) is 0 Å². The molecule has 0 aliphatic heterocycles. The summed E-state index contributed by atoms with van der Waals surface area (Å²) in [5.74, 6) is 0. The summed E-state index contributed by atoms with van der Waals surface area (Å²) in [5.41, 5.74) is 15.2. The molecule has 0 radical (unpaired) electrons. The van der Waals surface area contributed by atoms with E-state index in [1.807, 2.05) is 0 Å². The van der Waals surface area contributed by atoms with E-state index in [0.717, 1.165) is 24.2 Å². The molecule has 0 unspecified atom stereocenters. The summed E-state index contributed by atoms with van der Waals surface area (Å²) in [4.78, 5) is 4.94. The van der Waals surface area contributed by atoms with Crippen LogP contribution in [0.25, 0.3) is 43.8 Å². The molecule has 57 heavy (non-hydrogen) atoms. The second kappa shape index (κ2) is 13.7. The van der Waals surface area contributed by atoms with Gasteiger partial charge in [-0.3, -0.25) is 0 Å². The predicted molar refractivity (Wildman–Crippen MR) is 241 cm³/mol. The number of rotatable bonds is 7. The summed E-state index contributed by atoms with van der Waals surface area (Å²) in [6.07, 6.45) is 4.76. The molecule has 272 valence electrons. The molecule has 0 bridgehead atoms. The zero-order valence-electron chi connectivity index (χ0n) is 31.9. The number of anilines is 6. The largest absolute Gasteiger partial charge is 0.310 e. The van der Waals surface area contributed by atoms with Crippen molar-refractivity contribution in [2.24, 2.45) is 0 Å². The Balaban J connectivity index is 1.07. The predicted octanol–water partition coefficient (Wildman–Crippen LogP) is 15.4. The number of nitrogens with zero attached hydrogens (tertiary/aromatic N) is 2. The Hall–Kier alpha value is -6.90. The molecule has 9 aromatic rings. The van der Waals surface area contributed by atoms with Crippen LogP contribution in [0.2, 0.25) is 0 Å². The molecule has 2 heteroatoms. The van der Waals surface area contributed by atoms with E-state index in [2.05, 4.69) is 216 Å². The standard InChI is InChI=1S/C55H42N2/c1-3-15-39(16-4-1)40-27-29-44(30-28-40)57(54-26-14-20-42-18-8-10-24-48(42)54)46-32-34-50-49-33-31-45(37-51(49)55(52(50)38-46)35-11-12-36-55)56(43-21-5-2-6-22-43)53-25-13-19-41-17-7-9-23-47(41)53/h1-10,13-34,37-38H,11-12,35-36H2. The molecule has 1 saturated carbocycles. The molecule has 0 N–H and O–H groups in total. The smallest absolute Gasteiger partial charge is 0.0540 e. The Bertz CT molecular complexity index is 2900. The van der Waals surface area contributed by atoms with Crippen LogP contribution < -0.4 is 9.80 Å². The first-order valence-corrected chi connectivity index (χ1v) is 20.3. The first kappa shape index (κ1) is 33.4. The fourth-order valence-electron chi connectivity index (χ4n) is 9.94. The Morgan fingerprint density at radius 2 is 0.754 bits per heavy atom. The maximum atomic E-state index is 2.53. The topological polar surface area (TPSA) is 6.48 Å². The van der Waals surface area contributed by atoms with Crippen molar-refractivity contribution in [1.82, 2.24) is 0 Å². The average Bonchev–Trinajstić information content (AvgIpc) is 3.88. The molecule has 0 heterocycles. The second-order valence-corrected chi connectivity index (χ2v) is 15.7. The van der Waals surface area contributed by atoms with E-state index >= 15 is 0 Å². The minimum atomic E-state index is -0.0423. The maximum absolute atomic E-state index is 2.53. The number of para-hydroxylation sites is 1. The summed E-state index contributed by atoms with van der Waals surface area (Å²) in [6.45, 7) is 0. The molecule has 9 aromatic carbocycles. The van der Waals surface area contributed by atoms with E-state index in [-0.39, 0.29) is 5.41 Å². The summed E-state index contributed by atoms with van der Waals surface area (Å²) < 4.78 is 0. The first-order chi connectivity index (χ1) is 28.2. The third-order valence-electron chi connectivity index (χ3n) is 12.6. The minimum absolute atomic E-state index is 0.0423. The highest BCUT2D eigenvalue weighted by atomic mass is 15.1. The Morgan fingerprint density at radius 1 is 0.333 bits per heavy atom. The third-order valence-corrected chi connectivity index (χ3v) is 12.6. The number of fused-ring (bicyclic) bond motifs is 7. The lowest BCUT2D eigenvalue weighted by atomic mass is 9.76. The van der Waals surface area contributed by atoms with Gasteiger partial charge in [-0.25, -0.2) is 0 Å². The molecule has 0 atom stereocenters. The van der Waals surface area contributed by atoms with Gasteiger partial charge < -0.3 is 9.80 Å². The molecule has 1 fully saturated rings. The fraction of sp³-hybridized carbons (Fsp3) is 0.0909. The highest BCUT2D eigenvalue weighted by Gasteiger charge is 2.45. The normalized spacial score (nSPS) is 13.8. The highest BCUT2D eigenvalue weighted by molar-refractivity contribution is 6.01. The van der Waals surface area contributed by atoms with Gasteiger partial charge in [0.25, 0.3) is 0 Å². The average molecular weight is 731 g/mol. The summed E-state index contributed by atoms with van der Waals surface area (Å²) in [5, 5.41) is 4.97. The molecule has 11 rings (SSSR count). The van der Waals surface area contributed by atoms with Crippen molar-refractivity contribution < 1.29 is 0 Å². The van der Waals surface area contributed by atoms with Gasteiger partial charge in [0.05, 0.1) is 11.4 Å². The summed E-state index contributed by atoms with van der Waals surface area (Å²) >= 11 is 0. The molecular formula is C55H42N2. The molecule has 2 aliphatic carbocycles. The molecule has 0 saturated heterocycles. The quantitative estimate of drug-likeness (QED) is 0.161. The van der Waals surface area contributed by atoms with Crippen LogP contribution in [0.1, 0.15) is 36.8 Å². The van der Waals surface area contributed by atoms with Crippen molar-refractivity contribution in [2.75, 3.05) is 9.80 Å². The third kappa shape index (κ3) is 5.55. The van der Waals surface area contributed by atoms with Crippen LogP contribution in [-0.2, 0) is 5.41 Å². The number of hydrogen-bond acceptors (Lipinski definition) is 2. The van der Waals surface area contributed by atoms with Gasteiger partial charge >= 0.3 is 0 Å². The Kier molecular flexibility index (Phi) is 8.03. The van der Waals surface area contributed by atoms with E-state index in [1.165, 1.54) is 90.5 Å². The lowest BCUT2D eigenvalue weighted by molar-refractivity contribution is 0.550. The zero-order valence-corrected chi connectivity index (χ0v) is 31.9. The van der Waals surface area contributed by atoms with Crippen LogP contribution in [0.4, 0.5) is 34.1 Å². The molecule has 0 aromatic heterocycles. The monoisotopic (exact) mass is 730 g/mol. The van der Waals surface area contributed by atoms with Gasteiger partial charge in [0.2, 0.25) is 0 Å². The van der Waals surface area contributed by atoms with Crippen LogP contribution in [0.15, 0.2) is 206 Å². The molecule has 2 aliphatic rings. The Labute approximate surface area is 334 Å². The lowest BCUT2D eigenvalue weighted by Gasteiger charge is -2.31. The summed E-state index contributed by atoms with van der Waals surface area (Å²) in [6, 6.07) is 76.1. The Morgan fingerprint density at radius 3 is 1.30 bits per heavy atom. The van der Waals surface area contributed by atoms with Crippen LogP contribution in [0, 0.1) is 0 Å². The van der Waals surface area contributed by atoms with Gasteiger partial charge in [-0.05, 0) is 118 Å².